The van der Waals surface area contributed by atoms with Gasteiger partial charge in [0, 0.05) is 5.56 Å². The van der Waals surface area contributed by atoms with E-state index in [0.717, 1.165) is 0 Å². The number of nitriles is 1. The zero-order chi connectivity index (χ0) is 15.1. The first-order valence-corrected chi connectivity index (χ1v) is 6.96. The van der Waals surface area contributed by atoms with Crippen molar-refractivity contribution in [3.05, 3.63) is 59.7 Å². The highest BCUT2D eigenvalue weighted by molar-refractivity contribution is 8.00. The Kier molecular flexibility index (Phi) is 5.35. The molecule has 5 nitrogen and oxygen atoms in total. The Balaban J connectivity index is 2.06. The molecular formula is C15H11NO4S. The first kappa shape index (κ1) is 15.1. The van der Waals surface area contributed by atoms with E-state index in [1.54, 1.807) is 48.5 Å². The van der Waals surface area contributed by atoms with E-state index in [0.29, 0.717) is 21.8 Å². The third-order valence-corrected chi connectivity index (χ3v) is 3.70. The van der Waals surface area contributed by atoms with Gasteiger partial charge in [0.1, 0.15) is 0 Å². The van der Waals surface area contributed by atoms with Gasteiger partial charge in [0.25, 0.3) is 0 Å². The van der Waals surface area contributed by atoms with Gasteiger partial charge in [-0.25, -0.2) is 5.26 Å². The van der Waals surface area contributed by atoms with Gasteiger partial charge in [0.15, 0.2) is 11.5 Å². The minimum atomic E-state index is -0.100. The molecule has 0 saturated heterocycles. The monoisotopic (exact) mass is 301 g/mol. The first-order chi connectivity index (χ1) is 10.2. The summed E-state index contributed by atoms with van der Waals surface area (Å²) in [6.07, 6.45) is 0. The molecule has 0 aliphatic heterocycles. The highest BCUT2D eigenvalue weighted by Gasteiger charge is 2.10. The quantitative estimate of drug-likeness (QED) is 0.381. The smallest absolute Gasteiger partial charge is 0.182 e. The second-order valence-corrected chi connectivity index (χ2v) is 5.03. The van der Waals surface area contributed by atoms with Crippen LogP contribution in [0.3, 0.4) is 0 Å². The number of carbonyl (C=O) groups excluding carboxylic acids is 1. The van der Waals surface area contributed by atoms with Gasteiger partial charge in [-0.05, 0) is 29.3 Å². The summed E-state index contributed by atoms with van der Waals surface area (Å²) in [5, 5.41) is 20.8. The predicted octanol–water partition coefficient (Wildman–Crippen LogP) is 3.32. The molecule has 0 aliphatic rings. The van der Waals surface area contributed by atoms with Gasteiger partial charge < -0.3 is 4.89 Å². The number of rotatable bonds is 6. The second-order valence-electron chi connectivity index (χ2n) is 4.01. The number of ketones is 1. The summed E-state index contributed by atoms with van der Waals surface area (Å²) in [4.78, 5) is 17.4. The van der Waals surface area contributed by atoms with Crippen LogP contribution in [0.1, 0.15) is 15.9 Å². The zero-order valence-electron chi connectivity index (χ0n) is 10.9. The third-order valence-electron chi connectivity index (χ3n) is 2.65. The van der Waals surface area contributed by atoms with Crippen LogP contribution in [0, 0.1) is 11.3 Å². The first-order valence-electron chi connectivity index (χ1n) is 5.98. The van der Waals surface area contributed by atoms with E-state index in [9.17, 15) is 4.79 Å². The lowest BCUT2D eigenvalue weighted by Gasteiger charge is -2.06. The fourth-order valence-electron chi connectivity index (χ4n) is 1.67. The molecule has 2 rings (SSSR count). The van der Waals surface area contributed by atoms with Crippen LogP contribution in [-0.2, 0) is 5.04 Å². The number of carbonyl (C=O) groups is 1. The largest absolute Gasteiger partial charge is 0.307 e. The molecule has 0 spiro atoms. The fourth-order valence-corrected chi connectivity index (χ4v) is 2.54. The van der Waals surface area contributed by atoms with Gasteiger partial charge in [-0.2, -0.15) is 5.26 Å². The van der Waals surface area contributed by atoms with Crippen molar-refractivity contribution >= 4 is 17.5 Å². The topological polar surface area (TPSA) is 79.6 Å². The molecule has 106 valence electrons. The van der Waals surface area contributed by atoms with Crippen LogP contribution in [0.15, 0.2) is 53.4 Å². The molecule has 2 aromatic carbocycles. The Labute approximate surface area is 125 Å². The zero-order valence-corrected chi connectivity index (χ0v) is 11.7. The molecular weight excluding hydrogens is 290 g/mol. The molecule has 0 bridgehead atoms. The Morgan fingerprint density at radius 1 is 1.24 bits per heavy atom. The standard InChI is InChI=1S/C15H11NO4S/c16-9-11-4-3-5-12(8-11)13(17)10-21-15-7-2-1-6-14(15)19-20-18/h1-8,18H,10H2. The van der Waals surface area contributed by atoms with Crippen LogP contribution in [0.25, 0.3) is 0 Å². The number of nitrogens with zero attached hydrogens (tertiary/aromatic N) is 1. The Bertz CT molecular complexity index is 681. The molecule has 6 heteroatoms. The highest BCUT2D eigenvalue weighted by atomic mass is 32.2. The molecule has 0 atom stereocenters. The van der Waals surface area contributed by atoms with Crippen molar-refractivity contribution in [3.63, 3.8) is 0 Å². The number of hydrogen-bond donors (Lipinski definition) is 1. The predicted molar refractivity (Wildman–Crippen MR) is 77.0 cm³/mol. The van der Waals surface area contributed by atoms with Crippen molar-refractivity contribution in [3.8, 4) is 11.8 Å². The normalized spacial score (nSPS) is 9.90. The fraction of sp³-hybridized carbons (Fsp3) is 0.0667. The van der Waals surface area contributed by atoms with Crippen molar-refractivity contribution in [2.45, 2.75) is 4.90 Å². The van der Waals surface area contributed by atoms with Crippen molar-refractivity contribution in [1.29, 1.82) is 5.26 Å². The van der Waals surface area contributed by atoms with E-state index < -0.39 is 0 Å². The summed E-state index contributed by atoms with van der Waals surface area (Å²) in [5.41, 5.74) is 0.932. The van der Waals surface area contributed by atoms with Crippen LogP contribution in [-0.4, -0.2) is 16.8 Å². The number of thioether (sulfide) groups is 1. The highest BCUT2D eigenvalue weighted by Crippen LogP contribution is 2.29. The molecule has 21 heavy (non-hydrogen) atoms. The van der Waals surface area contributed by atoms with Crippen LogP contribution >= 0.6 is 11.8 Å². The molecule has 0 aliphatic carbocycles. The van der Waals surface area contributed by atoms with Crippen LogP contribution in [0.4, 0.5) is 0 Å². The Morgan fingerprint density at radius 3 is 2.81 bits per heavy atom. The van der Waals surface area contributed by atoms with E-state index in [4.69, 9.17) is 10.5 Å². The average molecular weight is 301 g/mol. The van der Waals surface area contributed by atoms with Crippen molar-refractivity contribution < 1.29 is 20.0 Å². The van der Waals surface area contributed by atoms with E-state index >= 15 is 0 Å². The van der Waals surface area contributed by atoms with Gasteiger partial charge in [-0.3, -0.25) is 4.79 Å². The van der Waals surface area contributed by atoms with E-state index in [1.807, 2.05) is 6.07 Å². The summed E-state index contributed by atoms with van der Waals surface area (Å²) in [6, 6.07) is 15.4. The van der Waals surface area contributed by atoms with Gasteiger partial charge in [0.2, 0.25) is 0 Å². The Morgan fingerprint density at radius 2 is 2.05 bits per heavy atom. The van der Waals surface area contributed by atoms with E-state index in [1.165, 1.54) is 11.8 Å². The van der Waals surface area contributed by atoms with Gasteiger partial charge in [-0.1, -0.05) is 24.3 Å². The van der Waals surface area contributed by atoms with Gasteiger partial charge in [0.05, 0.1) is 22.3 Å². The molecule has 1 N–H and O–H groups in total. The third kappa shape index (κ3) is 4.07. The number of Topliss-reactive ketones (excluding diaryl/α,β-unsaturated/α-hetero) is 1. The Hall–Kier alpha value is -2.33. The minimum absolute atomic E-state index is 0.100. The maximum absolute atomic E-state index is 12.1. The molecule has 0 heterocycles. The molecule has 0 saturated carbocycles. The van der Waals surface area contributed by atoms with Gasteiger partial charge in [-0.15, -0.1) is 11.8 Å². The molecule has 0 unspecified atom stereocenters. The molecule has 0 aromatic heterocycles. The van der Waals surface area contributed by atoms with Gasteiger partial charge >= 0.3 is 0 Å². The van der Waals surface area contributed by atoms with Crippen molar-refractivity contribution in [2.24, 2.45) is 0 Å². The second kappa shape index (κ2) is 7.45. The summed E-state index contributed by atoms with van der Waals surface area (Å²) in [6.45, 7) is 0. The maximum atomic E-state index is 12.1. The van der Waals surface area contributed by atoms with Crippen molar-refractivity contribution in [2.75, 3.05) is 5.75 Å². The maximum Gasteiger partial charge on any atom is 0.182 e. The lowest BCUT2D eigenvalue weighted by molar-refractivity contribution is -0.439. The summed E-state index contributed by atoms with van der Waals surface area (Å²) >= 11 is 1.25. The number of benzene rings is 2. The molecule has 2 aromatic rings. The summed E-state index contributed by atoms with van der Waals surface area (Å²) in [5.74, 6) is 0.404. The molecule has 0 radical (unpaired) electrons. The van der Waals surface area contributed by atoms with Crippen molar-refractivity contribution in [1.82, 2.24) is 0 Å². The number of para-hydroxylation sites is 1. The average Bonchev–Trinajstić information content (AvgIpc) is 2.54. The molecule has 0 fully saturated rings. The van der Waals surface area contributed by atoms with Crippen LogP contribution in [0.5, 0.6) is 5.75 Å². The minimum Gasteiger partial charge on any atom is -0.307 e. The number of hydrogen-bond acceptors (Lipinski definition) is 6. The summed E-state index contributed by atoms with van der Waals surface area (Å²) < 4.78 is 0. The molecule has 0 amide bonds. The van der Waals surface area contributed by atoms with Crippen LogP contribution in [0.2, 0.25) is 0 Å². The lowest BCUT2D eigenvalue weighted by Crippen LogP contribution is -2.03. The van der Waals surface area contributed by atoms with E-state index in [-0.39, 0.29) is 11.5 Å². The summed E-state index contributed by atoms with van der Waals surface area (Å²) in [7, 11) is 0. The lowest BCUT2D eigenvalue weighted by atomic mass is 10.1. The van der Waals surface area contributed by atoms with E-state index in [2.05, 4.69) is 9.93 Å². The van der Waals surface area contributed by atoms with Crippen LogP contribution < -0.4 is 4.89 Å². The SMILES string of the molecule is N#Cc1cccc(C(=O)CSc2ccccc2OOO)c1.